The normalized spacial score (nSPS) is 11.7. The van der Waals surface area contributed by atoms with E-state index < -0.39 is 0 Å². The first-order valence-electron chi connectivity index (χ1n) is 4.19. The van der Waals surface area contributed by atoms with E-state index in [1.54, 1.807) is 6.20 Å². The fourth-order valence-corrected chi connectivity index (χ4v) is 1.13. The van der Waals surface area contributed by atoms with Gasteiger partial charge in [0.2, 0.25) is 5.91 Å². The van der Waals surface area contributed by atoms with Crippen LogP contribution in [0, 0.1) is 0 Å². The highest BCUT2D eigenvalue weighted by Crippen LogP contribution is 2.26. The summed E-state index contributed by atoms with van der Waals surface area (Å²) in [5, 5.41) is 3.92. The Balaban J connectivity index is 3.18. The highest BCUT2D eigenvalue weighted by atomic mass is 16.2. The molecule has 1 heterocycles. The number of hydrogen-bond donors (Lipinski definition) is 1. The number of aromatic nitrogens is 2. The number of hydrogen-bond acceptors (Lipinski definition) is 3. The average Bonchev–Trinajstić information content (AvgIpc) is 2.29. The van der Waals surface area contributed by atoms with Gasteiger partial charge in [-0.15, -0.1) is 5.10 Å². The SMILES string of the molecule is CC(=O)n1cc(C(C)(C)C)c(N)n1. The molecule has 1 aromatic heterocycles. The Kier molecular flexibility index (Phi) is 2.15. The van der Waals surface area contributed by atoms with E-state index in [1.807, 2.05) is 20.8 Å². The first-order chi connectivity index (χ1) is 5.82. The molecule has 0 aliphatic rings. The Morgan fingerprint density at radius 2 is 2.08 bits per heavy atom. The zero-order valence-electron chi connectivity index (χ0n) is 8.46. The van der Waals surface area contributed by atoms with Crippen LogP contribution in [0.1, 0.15) is 38.1 Å². The molecule has 1 rings (SSSR count). The molecule has 0 unspecified atom stereocenters. The highest BCUT2D eigenvalue weighted by molar-refractivity contribution is 5.76. The standard InChI is InChI=1S/C9H15N3O/c1-6(13)12-5-7(8(10)11-12)9(2,3)4/h5H,1-4H3,(H2,10,11). The van der Waals surface area contributed by atoms with Crippen LogP contribution >= 0.6 is 0 Å². The predicted octanol–water partition coefficient (Wildman–Crippen LogP) is 1.42. The number of rotatable bonds is 0. The van der Waals surface area contributed by atoms with Crippen molar-refractivity contribution in [2.45, 2.75) is 33.1 Å². The van der Waals surface area contributed by atoms with E-state index in [4.69, 9.17) is 5.73 Å². The van der Waals surface area contributed by atoms with Crippen LogP contribution in [0.2, 0.25) is 0 Å². The minimum atomic E-state index is -0.123. The molecule has 0 aromatic carbocycles. The Hall–Kier alpha value is -1.32. The summed E-state index contributed by atoms with van der Waals surface area (Å²) in [5.41, 5.74) is 6.51. The van der Waals surface area contributed by atoms with Gasteiger partial charge in [0, 0.05) is 18.7 Å². The molecule has 72 valence electrons. The fourth-order valence-electron chi connectivity index (χ4n) is 1.13. The Bertz CT molecular complexity index is 333. The molecule has 0 saturated carbocycles. The monoisotopic (exact) mass is 181 g/mol. The predicted molar refractivity (Wildman–Crippen MR) is 51.6 cm³/mol. The van der Waals surface area contributed by atoms with Gasteiger partial charge >= 0.3 is 0 Å². The van der Waals surface area contributed by atoms with Gasteiger partial charge in [0.15, 0.2) is 0 Å². The van der Waals surface area contributed by atoms with Crippen LogP contribution < -0.4 is 5.73 Å². The minimum absolute atomic E-state index is 0.0716. The molecule has 0 saturated heterocycles. The minimum Gasteiger partial charge on any atom is -0.382 e. The number of carbonyl (C=O) groups excluding carboxylic acids is 1. The first-order valence-corrected chi connectivity index (χ1v) is 4.19. The van der Waals surface area contributed by atoms with Crippen molar-refractivity contribution >= 4 is 11.7 Å². The van der Waals surface area contributed by atoms with Crippen molar-refractivity contribution < 1.29 is 4.79 Å². The van der Waals surface area contributed by atoms with Crippen molar-refractivity contribution in [2.24, 2.45) is 0 Å². The maximum absolute atomic E-state index is 11.0. The highest BCUT2D eigenvalue weighted by Gasteiger charge is 2.20. The van der Waals surface area contributed by atoms with Crippen molar-refractivity contribution in [1.82, 2.24) is 9.78 Å². The number of anilines is 1. The van der Waals surface area contributed by atoms with Crippen LogP contribution in [0.4, 0.5) is 5.82 Å². The van der Waals surface area contributed by atoms with Crippen molar-refractivity contribution in [1.29, 1.82) is 0 Å². The second-order valence-electron chi connectivity index (χ2n) is 4.14. The number of nitrogens with two attached hydrogens (primary N) is 1. The molecule has 0 aliphatic heterocycles. The van der Waals surface area contributed by atoms with Crippen molar-refractivity contribution in [3.8, 4) is 0 Å². The molecular formula is C9H15N3O. The fraction of sp³-hybridized carbons (Fsp3) is 0.556. The van der Waals surface area contributed by atoms with Crippen LogP contribution in [0.25, 0.3) is 0 Å². The van der Waals surface area contributed by atoms with Gasteiger partial charge in [0.05, 0.1) is 0 Å². The van der Waals surface area contributed by atoms with E-state index in [0.29, 0.717) is 5.82 Å². The molecule has 4 nitrogen and oxygen atoms in total. The third-order valence-corrected chi connectivity index (χ3v) is 1.87. The van der Waals surface area contributed by atoms with Gasteiger partial charge in [-0.1, -0.05) is 20.8 Å². The number of nitrogens with zero attached hydrogens (tertiary/aromatic N) is 2. The van der Waals surface area contributed by atoms with Crippen molar-refractivity contribution in [2.75, 3.05) is 5.73 Å². The van der Waals surface area contributed by atoms with Gasteiger partial charge in [-0.3, -0.25) is 4.79 Å². The maximum Gasteiger partial charge on any atom is 0.243 e. The molecule has 0 spiro atoms. The largest absolute Gasteiger partial charge is 0.382 e. The molecule has 2 N–H and O–H groups in total. The van der Waals surface area contributed by atoms with Gasteiger partial charge in [0.25, 0.3) is 0 Å². The maximum atomic E-state index is 11.0. The zero-order valence-corrected chi connectivity index (χ0v) is 8.46. The summed E-state index contributed by atoms with van der Waals surface area (Å²) < 4.78 is 1.27. The third kappa shape index (κ3) is 1.88. The van der Waals surface area contributed by atoms with Crippen molar-refractivity contribution in [3.05, 3.63) is 11.8 Å². The van der Waals surface area contributed by atoms with Crippen LogP contribution in [-0.2, 0) is 5.41 Å². The van der Waals surface area contributed by atoms with E-state index in [-0.39, 0.29) is 11.3 Å². The van der Waals surface area contributed by atoms with Gasteiger partial charge < -0.3 is 5.73 Å². The number of carbonyl (C=O) groups is 1. The second-order valence-corrected chi connectivity index (χ2v) is 4.14. The average molecular weight is 181 g/mol. The Morgan fingerprint density at radius 1 is 1.54 bits per heavy atom. The van der Waals surface area contributed by atoms with E-state index in [1.165, 1.54) is 11.6 Å². The van der Waals surface area contributed by atoms with Crippen LogP contribution in [-0.4, -0.2) is 15.7 Å². The molecule has 0 atom stereocenters. The lowest BCUT2D eigenvalue weighted by Gasteiger charge is -2.16. The zero-order chi connectivity index (χ0) is 10.2. The molecule has 1 aromatic rings. The lowest BCUT2D eigenvalue weighted by atomic mass is 9.89. The summed E-state index contributed by atoms with van der Waals surface area (Å²) in [4.78, 5) is 11.0. The van der Waals surface area contributed by atoms with Gasteiger partial charge in [-0.05, 0) is 5.41 Å². The van der Waals surface area contributed by atoms with E-state index in [0.717, 1.165) is 5.56 Å². The van der Waals surface area contributed by atoms with Gasteiger partial charge in [0.1, 0.15) is 5.82 Å². The molecule has 4 heteroatoms. The van der Waals surface area contributed by atoms with Gasteiger partial charge in [-0.25, -0.2) is 4.68 Å². The smallest absolute Gasteiger partial charge is 0.243 e. The summed E-state index contributed by atoms with van der Waals surface area (Å²) in [6.45, 7) is 7.55. The topological polar surface area (TPSA) is 60.9 Å². The van der Waals surface area contributed by atoms with E-state index in [2.05, 4.69) is 5.10 Å². The molecule has 0 bridgehead atoms. The first kappa shape index (κ1) is 9.77. The Morgan fingerprint density at radius 3 is 2.31 bits per heavy atom. The number of nitrogen functional groups attached to an aromatic ring is 1. The quantitative estimate of drug-likeness (QED) is 0.658. The van der Waals surface area contributed by atoms with Crippen LogP contribution in [0.15, 0.2) is 6.20 Å². The molecule has 13 heavy (non-hydrogen) atoms. The van der Waals surface area contributed by atoms with Crippen LogP contribution in [0.3, 0.4) is 0 Å². The summed E-state index contributed by atoms with van der Waals surface area (Å²) in [6.07, 6.45) is 1.69. The summed E-state index contributed by atoms with van der Waals surface area (Å²) in [7, 11) is 0. The summed E-state index contributed by atoms with van der Waals surface area (Å²) in [6, 6.07) is 0. The molecule has 0 amide bonds. The lowest BCUT2D eigenvalue weighted by Crippen LogP contribution is -2.12. The molecule has 0 aliphatic carbocycles. The lowest BCUT2D eigenvalue weighted by molar-refractivity contribution is 0.0921. The summed E-state index contributed by atoms with van der Waals surface area (Å²) >= 11 is 0. The molecule has 0 fully saturated rings. The van der Waals surface area contributed by atoms with Crippen LogP contribution in [0.5, 0.6) is 0 Å². The van der Waals surface area contributed by atoms with E-state index >= 15 is 0 Å². The third-order valence-electron chi connectivity index (χ3n) is 1.87. The Labute approximate surface area is 77.7 Å². The second kappa shape index (κ2) is 2.87. The van der Waals surface area contributed by atoms with Gasteiger partial charge in [-0.2, -0.15) is 0 Å². The molecular weight excluding hydrogens is 166 g/mol. The molecule has 0 radical (unpaired) electrons. The summed E-state index contributed by atoms with van der Waals surface area (Å²) in [5.74, 6) is 0.310. The van der Waals surface area contributed by atoms with E-state index in [9.17, 15) is 4.79 Å². The van der Waals surface area contributed by atoms with Crippen molar-refractivity contribution in [3.63, 3.8) is 0 Å².